The lowest BCUT2D eigenvalue weighted by atomic mass is 9.95. The second-order valence-corrected chi connectivity index (χ2v) is 5.28. The molecule has 110 valence electrons. The van der Waals surface area contributed by atoms with Crippen molar-refractivity contribution < 1.29 is 17.9 Å². The molecule has 0 aromatic heterocycles. The van der Waals surface area contributed by atoms with Gasteiger partial charge in [0.25, 0.3) is 0 Å². The predicted molar refractivity (Wildman–Crippen MR) is 73.0 cm³/mol. The van der Waals surface area contributed by atoms with E-state index in [0.29, 0.717) is 41.5 Å². The molecule has 1 aliphatic heterocycles. The Bertz CT molecular complexity index is 697. The maximum atomic E-state index is 13.9. The van der Waals surface area contributed by atoms with Gasteiger partial charge in [-0.15, -0.1) is 0 Å². The highest BCUT2D eigenvalue weighted by Gasteiger charge is 2.26. The van der Waals surface area contributed by atoms with Gasteiger partial charge in [0.05, 0.1) is 12.6 Å². The first-order valence-electron chi connectivity index (χ1n) is 6.32. The van der Waals surface area contributed by atoms with Crippen LogP contribution in [0.25, 0.3) is 0 Å². The van der Waals surface area contributed by atoms with Crippen LogP contribution in [0.1, 0.15) is 22.7 Å². The highest BCUT2D eigenvalue weighted by atomic mass is 35.5. The van der Waals surface area contributed by atoms with Crippen LogP contribution in [0.15, 0.2) is 24.3 Å². The molecule has 2 aromatic carbocycles. The van der Waals surface area contributed by atoms with Crippen LogP contribution in [0.2, 0.25) is 5.02 Å². The minimum atomic E-state index is -1.13. The average Bonchev–Trinajstić information content (AvgIpc) is 2.84. The van der Waals surface area contributed by atoms with Gasteiger partial charge in [-0.25, -0.2) is 13.2 Å². The molecule has 1 heterocycles. The summed E-state index contributed by atoms with van der Waals surface area (Å²) in [6.45, 7) is 0.462. The van der Waals surface area contributed by atoms with Gasteiger partial charge in [0.15, 0.2) is 0 Å². The van der Waals surface area contributed by atoms with Crippen LogP contribution in [0.4, 0.5) is 13.2 Å². The molecule has 0 aliphatic carbocycles. The molecule has 0 saturated carbocycles. The molecular formula is C15H11ClF3NO. The molecule has 2 nitrogen and oxygen atoms in total. The van der Waals surface area contributed by atoms with Gasteiger partial charge in [0.2, 0.25) is 0 Å². The molecule has 0 amide bonds. The van der Waals surface area contributed by atoms with Gasteiger partial charge in [-0.05, 0) is 17.7 Å². The van der Waals surface area contributed by atoms with Crippen molar-refractivity contribution in [3.05, 3.63) is 63.4 Å². The van der Waals surface area contributed by atoms with Gasteiger partial charge in [0, 0.05) is 34.7 Å². The van der Waals surface area contributed by atoms with Crippen molar-refractivity contribution in [2.24, 2.45) is 5.73 Å². The van der Waals surface area contributed by atoms with Crippen molar-refractivity contribution >= 4 is 11.6 Å². The molecule has 0 saturated heterocycles. The van der Waals surface area contributed by atoms with E-state index in [2.05, 4.69) is 0 Å². The molecule has 1 atom stereocenters. The van der Waals surface area contributed by atoms with E-state index in [-0.39, 0.29) is 0 Å². The number of halogens is 4. The summed E-state index contributed by atoms with van der Waals surface area (Å²) in [4.78, 5) is 0. The molecule has 2 aromatic rings. The van der Waals surface area contributed by atoms with Crippen molar-refractivity contribution in [1.29, 1.82) is 0 Å². The number of ether oxygens (including phenoxy) is 1. The maximum absolute atomic E-state index is 13.9. The lowest BCUT2D eigenvalue weighted by Crippen LogP contribution is -2.17. The fraction of sp³-hybridized carbons (Fsp3) is 0.200. The summed E-state index contributed by atoms with van der Waals surface area (Å²) in [5, 5.41) is 0.410. The van der Waals surface area contributed by atoms with Gasteiger partial charge in [-0.2, -0.15) is 0 Å². The first-order valence-corrected chi connectivity index (χ1v) is 6.70. The predicted octanol–water partition coefficient (Wildman–Crippen LogP) is 3.74. The summed E-state index contributed by atoms with van der Waals surface area (Å²) < 4.78 is 46.2. The van der Waals surface area contributed by atoms with E-state index in [1.165, 1.54) is 6.07 Å². The van der Waals surface area contributed by atoms with E-state index in [9.17, 15) is 13.2 Å². The normalized spacial score (nSPS) is 14.7. The number of rotatable bonds is 2. The monoisotopic (exact) mass is 313 g/mol. The second-order valence-electron chi connectivity index (χ2n) is 4.84. The Morgan fingerprint density at radius 1 is 1.10 bits per heavy atom. The van der Waals surface area contributed by atoms with E-state index in [4.69, 9.17) is 22.1 Å². The number of benzene rings is 2. The molecular weight excluding hydrogens is 303 g/mol. The fourth-order valence-corrected chi connectivity index (χ4v) is 2.78. The zero-order valence-corrected chi connectivity index (χ0v) is 11.6. The van der Waals surface area contributed by atoms with Crippen molar-refractivity contribution in [3.8, 4) is 5.75 Å². The lowest BCUT2D eigenvalue weighted by Gasteiger charge is -2.18. The molecule has 1 aliphatic rings. The number of hydrogen-bond acceptors (Lipinski definition) is 2. The summed E-state index contributed by atoms with van der Waals surface area (Å²) in [5.41, 5.74) is 6.79. The van der Waals surface area contributed by atoms with Crippen molar-refractivity contribution in [2.45, 2.75) is 12.5 Å². The Kier molecular flexibility index (Phi) is 3.55. The Morgan fingerprint density at radius 2 is 1.76 bits per heavy atom. The molecule has 1 unspecified atom stereocenters. The zero-order valence-electron chi connectivity index (χ0n) is 10.8. The quantitative estimate of drug-likeness (QED) is 0.916. The maximum Gasteiger partial charge on any atom is 0.134 e. The molecule has 0 bridgehead atoms. The van der Waals surface area contributed by atoms with Crippen molar-refractivity contribution in [3.63, 3.8) is 0 Å². The van der Waals surface area contributed by atoms with Crippen LogP contribution >= 0.6 is 11.6 Å². The van der Waals surface area contributed by atoms with Crippen molar-refractivity contribution in [1.82, 2.24) is 0 Å². The standard InChI is InChI=1S/C15H11ClF3NO/c16-8-3-7-1-2-21-15(7)10(4-8)14(20)13-11(18)5-9(17)6-12(13)19/h3-6,14H,1-2,20H2. The SMILES string of the molecule is NC(c1cc(Cl)cc2c1OCC2)c1c(F)cc(F)cc1F. The molecule has 0 spiro atoms. The average molecular weight is 314 g/mol. The number of fused-ring (bicyclic) bond motifs is 1. The third-order valence-corrected chi connectivity index (χ3v) is 3.69. The Hall–Kier alpha value is -1.72. The summed E-state index contributed by atoms with van der Waals surface area (Å²) >= 11 is 6.01. The highest BCUT2D eigenvalue weighted by Crippen LogP contribution is 2.38. The molecule has 21 heavy (non-hydrogen) atoms. The zero-order chi connectivity index (χ0) is 15.1. The first-order chi connectivity index (χ1) is 9.97. The number of hydrogen-bond donors (Lipinski definition) is 1. The van der Waals surface area contributed by atoms with E-state index in [1.54, 1.807) is 6.07 Å². The summed E-state index contributed by atoms with van der Waals surface area (Å²) in [6, 6.07) is 3.32. The minimum absolute atomic E-state index is 0.388. The Labute approximate surface area is 124 Å². The molecule has 0 fully saturated rings. The summed E-state index contributed by atoms with van der Waals surface area (Å²) in [7, 11) is 0. The molecule has 0 radical (unpaired) electrons. The van der Waals surface area contributed by atoms with E-state index >= 15 is 0 Å². The first kappa shape index (κ1) is 14.2. The fourth-order valence-electron chi connectivity index (χ4n) is 2.53. The van der Waals surface area contributed by atoms with Crippen LogP contribution in [0, 0.1) is 17.5 Å². The van der Waals surface area contributed by atoms with Crippen LogP contribution in [0.5, 0.6) is 5.75 Å². The Balaban J connectivity index is 2.14. The van der Waals surface area contributed by atoms with Crippen LogP contribution in [0.3, 0.4) is 0 Å². The molecule has 3 rings (SSSR count). The van der Waals surface area contributed by atoms with Gasteiger partial charge in [0.1, 0.15) is 23.2 Å². The second kappa shape index (κ2) is 5.24. The minimum Gasteiger partial charge on any atom is -0.493 e. The van der Waals surface area contributed by atoms with Gasteiger partial charge in [-0.3, -0.25) is 0 Å². The molecule has 6 heteroatoms. The Morgan fingerprint density at radius 3 is 2.43 bits per heavy atom. The van der Waals surface area contributed by atoms with E-state index in [0.717, 1.165) is 5.56 Å². The lowest BCUT2D eigenvalue weighted by molar-refractivity contribution is 0.352. The van der Waals surface area contributed by atoms with Crippen LogP contribution < -0.4 is 10.5 Å². The molecule has 2 N–H and O–H groups in total. The van der Waals surface area contributed by atoms with Gasteiger partial charge >= 0.3 is 0 Å². The van der Waals surface area contributed by atoms with Crippen LogP contribution in [-0.4, -0.2) is 6.61 Å². The van der Waals surface area contributed by atoms with E-state index in [1.807, 2.05) is 0 Å². The van der Waals surface area contributed by atoms with Crippen molar-refractivity contribution in [2.75, 3.05) is 6.61 Å². The highest BCUT2D eigenvalue weighted by molar-refractivity contribution is 6.30. The smallest absolute Gasteiger partial charge is 0.134 e. The summed E-state index contributed by atoms with van der Waals surface area (Å²) in [6.07, 6.45) is 0.657. The van der Waals surface area contributed by atoms with E-state index < -0.39 is 29.1 Å². The topological polar surface area (TPSA) is 35.2 Å². The third-order valence-electron chi connectivity index (χ3n) is 3.47. The van der Waals surface area contributed by atoms with Crippen LogP contribution in [-0.2, 0) is 6.42 Å². The van der Waals surface area contributed by atoms with Gasteiger partial charge < -0.3 is 10.5 Å². The largest absolute Gasteiger partial charge is 0.493 e. The van der Waals surface area contributed by atoms with Gasteiger partial charge in [-0.1, -0.05) is 11.6 Å². The summed E-state index contributed by atoms with van der Waals surface area (Å²) in [5.74, 6) is -2.57. The third kappa shape index (κ3) is 2.47. The number of nitrogens with two attached hydrogens (primary N) is 1.